The molecule has 2 rings (SSSR count). The number of nitrogens with zero attached hydrogens (tertiary/aromatic N) is 2. The van der Waals surface area contributed by atoms with Crippen molar-refractivity contribution in [1.29, 1.82) is 0 Å². The van der Waals surface area contributed by atoms with Gasteiger partial charge in [-0.05, 0) is 6.92 Å². The van der Waals surface area contributed by atoms with Crippen LogP contribution in [-0.2, 0) is 0 Å². The van der Waals surface area contributed by atoms with E-state index >= 15 is 0 Å². The Labute approximate surface area is 107 Å². The highest BCUT2D eigenvalue weighted by molar-refractivity contribution is 5.60. The molecule has 0 amide bonds. The van der Waals surface area contributed by atoms with Crippen LogP contribution in [0.15, 0.2) is 12.3 Å². The fraction of sp³-hybridized carbons (Fsp3) is 0.583. The van der Waals surface area contributed by atoms with Gasteiger partial charge in [0.25, 0.3) is 0 Å². The number of aromatic nitrogens is 1. The van der Waals surface area contributed by atoms with Gasteiger partial charge in [0.05, 0.1) is 31.1 Å². The summed E-state index contributed by atoms with van der Waals surface area (Å²) in [6.07, 6.45) is 1.33. The highest BCUT2D eigenvalue weighted by Gasteiger charge is 2.24. The number of aliphatic hydroxyl groups excluding tert-OH is 1. The van der Waals surface area contributed by atoms with Crippen molar-refractivity contribution in [2.45, 2.75) is 19.1 Å². The molecule has 1 aromatic heterocycles. The zero-order valence-electron chi connectivity index (χ0n) is 10.8. The van der Waals surface area contributed by atoms with Crippen molar-refractivity contribution in [1.82, 2.24) is 10.3 Å². The third kappa shape index (κ3) is 2.65. The molecule has 1 aliphatic heterocycles. The number of nitrogens with two attached hydrogens (primary N) is 1. The fourth-order valence-electron chi connectivity index (χ4n) is 2.17. The van der Waals surface area contributed by atoms with Crippen LogP contribution in [0.4, 0.5) is 11.5 Å². The summed E-state index contributed by atoms with van der Waals surface area (Å²) in [7, 11) is 1.62. The number of hydrogen-bond acceptors (Lipinski definition) is 6. The minimum atomic E-state index is -0.388. The summed E-state index contributed by atoms with van der Waals surface area (Å²) in [6.45, 7) is 4.19. The standard InChI is InChI=1S/C12H20N4O2/c1-8(17)9-7-16(4-3-14-9)10-6-15-12(13)5-11(10)18-2/h5-6,8-9,14,17H,3-4,7H2,1-2H3,(H2,13,15)/t8-,9?/m0/s1. The number of pyridine rings is 1. The average molecular weight is 252 g/mol. The van der Waals surface area contributed by atoms with Gasteiger partial charge in [-0.2, -0.15) is 0 Å². The molecule has 0 spiro atoms. The molecular weight excluding hydrogens is 232 g/mol. The number of anilines is 2. The lowest BCUT2D eigenvalue weighted by Gasteiger charge is -2.36. The van der Waals surface area contributed by atoms with Crippen LogP contribution >= 0.6 is 0 Å². The van der Waals surface area contributed by atoms with Crippen molar-refractivity contribution < 1.29 is 9.84 Å². The van der Waals surface area contributed by atoms with E-state index in [1.54, 1.807) is 26.3 Å². The van der Waals surface area contributed by atoms with Gasteiger partial charge in [0, 0.05) is 25.7 Å². The van der Waals surface area contributed by atoms with Crippen molar-refractivity contribution in [3.63, 3.8) is 0 Å². The largest absolute Gasteiger partial charge is 0.494 e. The first-order valence-corrected chi connectivity index (χ1v) is 6.07. The molecule has 0 aromatic carbocycles. The Morgan fingerprint density at radius 2 is 2.44 bits per heavy atom. The number of nitrogens with one attached hydrogen (secondary N) is 1. The highest BCUT2D eigenvalue weighted by atomic mass is 16.5. The molecule has 6 nitrogen and oxygen atoms in total. The van der Waals surface area contributed by atoms with Gasteiger partial charge >= 0.3 is 0 Å². The van der Waals surface area contributed by atoms with E-state index < -0.39 is 0 Å². The second-order valence-electron chi connectivity index (χ2n) is 4.53. The van der Waals surface area contributed by atoms with Crippen molar-refractivity contribution in [3.05, 3.63) is 12.3 Å². The summed E-state index contributed by atoms with van der Waals surface area (Å²) in [6, 6.07) is 1.77. The number of aliphatic hydroxyl groups is 1. The summed E-state index contributed by atoms with van der Waals surface area (Å²) < 4.78 is 5.33. The predicted molar refractivity (Wildman–Crippen MR) is 70.9 cm³/mol. The molecule has 6 heteroatoms. The SMILES string of the molecule is COc1cc(N)ncc1N1CCNC([C@H](C)O)C1. The Morgan fingerprint density at radius 3 is 3.11 bits per heavy atom. The Balaban J connectivity index is 2.20. The van der Waals surface area contributed by atoms with Crippen molar-refractivity contribution in [2.75, 3.05) is 37.4 Å². The molecule has 1 fully saturated rings. The van der Waals surface area contributed by atoms with Gasteiger partial charge in [0.2, 0.25) is 0 Å². The Kier molecular flexibility index (Phi) is 3.88. The Hall–Kier alpha value is -1.53. The lowest BCUT2D eigenvalue weighted by atomic mass is 10.1. The monoisotopic (exact) mass is 252 g/mol. The maximum atomic E-state index is 9.66. The van der Waals surface area contributed by atoms with E-state index in [4.69, 9.17) is 10.5 Å². The van der Waals surface area contributed by atoms with Crippen LogP contribution < -0.4 is 20.7 Å². The molecule has 18 heavy (non-hydrogen) atoms. The number of hydrogen-bond donors (Lipinski definition) is 3. The number of ether oxygens (including phenoxy) is 1. The number of methoxy groups -OCH3 is 1. The zero-order chi connectivity index (χ0) is 13.1. The Morgan fingerprint density at radius 1 is 1.67 bits per heavy atom. The van der Waals surface area contributed by atoms with Crippen LogP contribution in [0, 0.1) is 0 Å². The quantitative estimate of drug-likeness (QED) is 0.693. The molecule has 0 saturated carbocycles. The summed E-state index contributed by atoms with van der Waals surface area (Å²) in [5, 5.41) is 12.9. The topological polar surface area (TPSA) is 83.6 Å². The summed E-state index contributed by atoms with van der Waals surface area (Å²) in [5.41, 5.74) is 6.56. The van der Waals surface area contributed by atoms with Gasteiger partial charge in [0.15, 0.2) is 0 Å². The van der Waals surface area contributed by atoms with Crippen molar-refractivity contribution in [2.24, 2.45) is 0 Å². The van der Waals surface area contributed by atoms with Gasteiger partial charge in [0.1, 0.15) is 11.6 Å². The van der Waals surface area contributed by atoms with E-state index in [1.807, 2.05) is 0 Å². The molecule has 1 saturated heterocycles. The van der Waals surface area contributed by atoms with Crippen LogP contribution in [0.5, 0.6) is 5.75 Å². The second kappa shape index (κ2) is 5.41. The van der Waals surface area contributed by atoms with E-state index in [9.17, 15) is 5.11 Å². The van der Waals surface area contributed by atoms with E-state index in [1.165, 1.54) is 0 Å². The first-order valence-electron chi connectivity index (χ1n) is 6.07. The van der Waals surface area contributed by atoms with E-state index in [0.29, 0.717) is 11.6 Å². The van der Waals surface area contributed by atoms with Crippen LogP contribution in [0.2, 0.25) is 0 Å². The third-order valence-corrected chi connectivity index (χ3v) is 3.22. The van der Waals surface area contributed by atoms with E-state index in [-0.39, 0.29) is 12.1 Å². The highest BCUT2D eigenvalue weighted by Crippen LogP contribution is 2.29. The summed E-state index contributed by atoms with van der Waals surface area (Å²) in [4.78, 5) is 6.26. The molecule has 1 aromatic rings. The molecule has 2 heterocycles. The number of nitrogen functional groups attached to an aromatic ring is 1. The van der Waals surface area contributed by atoms with Crippen LogP contribution in [0.25, 0.3) is 0 Å². The van der Waals surface area contributed by atoms with E-state index in [0.717, 1.165) is 25.3 Å². The lowest BCUT2D eigenvalue weighted by Crippen LogP contribution is -2.55. The number of rotatable bonds is 3. The van der Waals surface area contributed by atoms with Crippen molar-refractivity contribution >= 4 is 11.5 Å². The van der Waals surface area contributed by atoms with Gasteiger partial charge in [-0.3, -0.25) is 0 Å². The van der Waals surface area contributed by atoms with Gasteiger partial charge in [-0.15, -0.1) is 0 Å². The maximum absolute atomic E-state index is 9.66. The molecule has 0 aliphatic carbocycles. The van der Waals surface area contributed by atoms with E-state index in [2.05, 4.69) is 15.2 Å². The number of piperazine rings is 1. The van der Waals surface area contributed by atoms with Gasteiger partial charge < -0.3 is 25.8 Å². The molecule has 0 bridgehead atoms. The molecule has 1 aliphatic rings. The summed E-state index contributed by atoms with van der Waals surface area (Å²) in [5.74, 6) is 1.16. The lowest BCUT2D eigenvalue weighted by molar-refractivity contribution is 0.141. The van der Waals surface area contributed by atoms with Crippen LogP contribution in [0.1, 0.15) is 6.92 Å². The van der Waals surface area contributed by atoms with Crippen molar-refractivity contribution in [3.8, 4) is 5.75 Å². The summed E-state index contributed by atoms with van der Waals surface area (Å²) >= 11 is 0. The fourth-order valence-corrected chi connectivity index (χ4v) is 2.17. The first-order chi connectivity index (χ1) is 8.61. The smallest absolute Gasteiger partial charge is 0.147 e. The normalized spacial score (nSPS) is 21.7. The van der Waals surface area contributed by atoms with Crippen LogP contribution in [0.3, 0.4) is 0 Å². The predicted octanol–water partition coefficient (Wildman–Crippen LogP) is -0.169. The van der Waals surface area contributed by atoms with Gasteiger partial charge in [-0.25, -0.2) is 4.98 Å². The molecule has 4 N–H and O–H groups in total. The third-order valence-electron chi connectivity index (χ3n) is 3.22. The zero-order valence-corrected chi connectivity index (χ0v) is 10.8. The molecule has 0 radical (unpaired) electrons. The maximum Gasteiger partial charge on any atom is 0.147 e. The molecular formula is C12H20N4O2. The molecule has 1 unspecified atom stereocenters. The first kappa shape index (κ1) is 12.9. The minimum Gasteiger partial charge on any atom is -0.494 e. The average Bonchev–Trinajstić information content (AvgIpc) is 2.38. The molecule has 100 valence electrons. The Bertz CT molecular complexity index is 411. The second-order valence-corrected chi connectivity index (χ2v) is 4.53. The van der Waals surface area contributed by atoms with Crippen LogP contribution in [-0.4, -0.2) is 49.0 Å². The molecule has 2 atom stereocenters. The van der Waals surface area contributed by atoms with Gasteiger partial charge in [-0.1, -0.05) is 0 Å². The minimum absolute atomic E-state index is 0.0565.